The highest BCUT2D eigenvalue weighted by Gasteiger charge is 2.31. The van der Waals surface area contributed by atoms with Gasteiger partial charge in [-0.05, 0) is 52.7 Å². The van der Waals surface area contributed by atoms with Gasteiger partial charge in [0, 0.05) is 32.7 Å². The van der Waals surface area contributed by atoms with Crippen LogP contribution in [0.15, 0.2) is 27.8 Å². The van der Waals surface area contributed by atoms with Gasteiger partial charge in [0.25, 0.3) is 5.91 Å². The molecule has 0 saturated carbocycles. The number of alkyl carbamates (subject to hydrolysis) is 1. The Labute approximate surface area is 191 Å². The Hall–Kier alpha value is -2.71. The lowest BCUT2D eigenvalue weighted by atomic mass is 9.93. The van der Waals surface area contributed by atoms with E-state index in [1.165, 1.54) is 6.26 Å². The SMILES string of the molecule is CCNC(=NCC(CC)(CC)NC(=O)OC(C)(C)C)N1CCN(C(=O)c2ccco2)CC1. The molecular formula is C23H39N5O4. The van der Waals surface area contributed by atoms with Gasteiger partial charge in [-0.25, -0.2) is 4.79 Å². The number of nitrogens with one attached hydrogen (secondary N) is 2. The fraction of sp³-hybridized carbons (Fsp3) is 0.696. The largest absolute Gasteiger partial charge is 0.459 e. The number of hydrogen-bond donors (Lipinski definition) is 2. The van der Waals surface area contributed by atoms with E-state index in [4.69, 9.17) is 14.1 Å². The molecule has 1 saturated heterocycles. The first-order valence-electron chi connectivity index (χ1n) is 11.5. The molecule has 0 atom stereocenters. The number of aliphatic imine (C=N–C) groups is 1. The highest BCUT2D eigenvalue weighted by molar-refractivity contribution is 5.91. The summed E-state index contributed by atoms with van der Waals surface area (Å²) in [4.78, 5) is 33.7. The van der Waals surface area contributed by atoms with Gasteiger partial charge in [0.1, 0.15) is 5.60 Å². The van der Waals surface area contributed by atoms with E-state index < -0.39 is 17.2 Å². The third-order valence-corrected chi connectivity index (χ3v) is 5.58. The van der Waals surface area contributed by atoms with Crippen molar-refractivity contribution < 1.29 is 18.7 Å². The van der Waals surface area contributed by atoms with Gasteiger partial charge in [-0.3, -0.25) is 9.79 Å². The Morgan fingerprint density at radius 2 is 1.72 bits per heavy atom. The van der Waals surface area contributed by atoms with Crippen LogP contribution < -0.4 is 10.6 Å². The van der Waals surface area contributed by atoms with Crippen LogP contribution in [0.4, 0.5) is 4.79 Å². The Morgan fingerprint density at radius 1 is 1.09 bits per heavy atom. The minimum atomic E-state index is -0.553. The van der Waals surface area contributed by atoms with Crippen molar-refractivity contribution in [3.05, 3.63) is 24.2 Å². The lowest BCUT2D eigenvalue weighted by Crippen LogP contribution is -2.55. The van der Waals surface area contributed by atoms with Crippen LogP contribution in [0.5, 0.6) is 0 Å². The maximum Gasteiger partial charge on any atom is 0.408 e. The molecule has 1 aromatic rings. The van der Waals surface area contributed by atoms with Crippen LogP contribution in [-0.2, 0) is 4.74 Å². The van der Waals surface area contributed by atoms with E-state index in [2.05, 4.69) is 15.5 Å². The molecule has 0 aliphatic carbocycles. The lowest BCUT2D eigenvalue weighted by Gasteiger charge is -2.37. The van der Waals surface area contributed by atoms with Gasteiger partial charge in [0.15, 0.2) is 11.7 Å². The monoisotopic (exact) mass is 449 g/mol. The molecular weight excluding hydrogens is 410 g/mol. The van der Waals surface area contributed by atoms with Crippen molar-refractivity contribution in [1.82, 2.24) is 20.4 Å². The maximum absolute atomic E-state index is 12.5. The maximum atomic E-state index is 12.5. The molecule has 1 aliphatic heterocycles. The summed E-state index contributed by atoms with van der Waals surface area (Å²) >= 11 is 0. The first kappa shape index (κ1) is 25.5. The molecule has 180 valence electrons. The van der Waals surface area contributed by atoms with Crippen molar-refractivity contribution in [1.29, 1.82) is 0 Å². The van der Waals surface area contributed by atoms with Gasteiger partial charge < -0.3 is 29.6 Å². The number of ether oxygens (including phenoxy) is 1. The molecule has 0 unspecified atom stereocenters. The topological polar surface area (TPSA) is 99.4 Å². The second-order valence-electron chi connectivity index (χ2n) is 9.04. The summed E-state index contributed by atoms with van der Waals surface area (Å²) in [6.45, 7) is 15.4. The van der Waals surface area contributed by atoms with E-state index in [1.807, 2.05) is 41.5 Å². The highest BCUT2D eigenvalue weighted by Crippen LogP contribution is 2.18. The summed E-state index contributed by atoms with van der Waals surface area (Å²) in [6, 6.07) is 3.41. The molecule has 2 amide bonds. The van der Waals surface area contributed by atoms with Gasteiger partial charge >= 0.3 is 6.09 Å². The van der Waals surface area contributed by atoms with Crippen molar-refractivity contribution in [2.24, 2.45) is 4.99 Å². The van der Waals surface area contributed by atoms with Crippen molar-refractivity contribution in [2.45, 2.75) is 65.5 Å². The quantitative estimate of drug-likeness (QED) is 0.490. The third kappa shape index (κ3) is 7.17. The van der Waals surface area contributed by atoms with Gasteiger partial charge in [0.05, 0.1) is 18.3 Å². The molecule has 0 aromatic carbocycles. The van der Waals surface area contributed by atoms with Crippen LogP contribution in [0.25, 0.3) is 0 Å². The molecule has 1 aromatic heterocycles. The second kappa shape index (κ2) is 11.2. The average molecular weight is 450 g/mol. The van der Waals surface area contributed by atoms with Crippen molar-refractivity contribution >= 4 is 18.0 Å². The number of rotatable bonds is 7. The minimum absolute atomic E-state index is 0.0888. The summed E-state index contributed by atoms with van der Waals surface area (Å²) in [6.07, 6.45) is 2.55. The van der Waals surface area contributed by atoms with Gasteiger partial charge in [-0.1, -0.05) is 13.8 Å². The van der Waals surface area contributed by atoms with E-state index in [0.29, 0.717) is 38.5 Å². The predicted molar refractivity (Wildman–Crippen MR) is 125 cm³/mol. The molecule has 9 heteroatoms. The molecule has 1 fully saturated rings. The van der Waals surface area contributed by atoms with E-state index in [-0.39, 0.29) is 5.91 Å². The number of carbonyl (C=O) groups is 2. The zero-order chi connectivity index (χ0) is 23.8. The summed E-state index contributed by atoms with van der Waals surface area (Å²) in [5.41, 5.74) is -1.04. The van der Waals surface area contributed by atoms with Gasteiger partial charge in [-0.2, -0.15) is 0 Å². The van der Waals surface area contributed by atoms with Crippen molar-refractivity contribution in [2.75, 3.05) is 39.3 Å². The molecule has 0 spiro atoms. The van der Waals surface area contributed by atoms with E-state index in [0.717, 1.165) is 25.3 Å². The number of amides is 2. The number of furan rings is 1. The normalized spacial score (nSPS) is 15.5. The molecule has 0 bridgehead atoms. The van der Waals surface area contributed by atoms with Crippen LogP contribution in [-0.4, -0.2) is 78.2 Å². The molecule has 9 nitrogen and oxygen atoms in total. The van der Waals surface area contributed by atoms with Gasteiger partial charge in [0.2, 0.25) is 0 Å². The Balaban J connectivity index is 2.04. The summed E-state index contributed by atoms with van der Waals surface area (Å²) in [5, 5.41) is 6.39. The summed E-state index contributed by atoms with van der Waals surface area (Å²) in [7, 11) is 0. The highest BCUT2D eigenvalue weighted by atomic mass is 16.6. The fourth-order valence-electron chi connectivity index (χ4n) is 3.54. The number of nitrogens with zero attached hydrogens (tertiary/aromatic N) is 3. The van der Waals surface area contributed by atoms with Crippen molar-refractivity contribution in [3.63, 3.8) is 0 Å². The zero-order valence-electron chi connectivity index (χ0n) is 20.4. The van der Waals surface area contributed by atoms with Crippen molar-refractivity contribution in [3.8, 4) is 0 Å². The standard InChI is InChI=1S/C23H39N5O4/c1-7-23(8-2,26-21(30)32-22(4,5)6)17-25-20(24-9-3)28-14-12-27(13-15-28)19(29)18-11-10-16-31-18/h10-11,16H,7-9,12-15,17H2,1-6H3,(H,24,25)(H,26,30). The second-order valence-corrected chi connectivity index (χ2v) is 9.04. The Morgan fingerprint density at radius 3 is 2.22 bits per heavy atom. The predicted octanol–water partition coefficient (Wildman–Crippen LogP) is 3.09. The molecule has 32 heavy (non-hydrogen) atoms. The van der Waals surface area contributed by atoms with Crippen LogP contribution >= 0.6 is 0 Å². The summed E-state index contributed by atoms with van der Waals surface area (Å²) in [5.74, 6) is 1.06. The Kier molecular flexibility index (Phi) is 8.98. The van der Waals surface area contributed by atoms with Crippen LogP contribution in [0.3, 0.4) is 0 Å². The first-order valence-corrected chi connectivity index (χ1v) is 11.5. The van der Waals surface area contributed by atoms with E-state index in [1.54, 1.807) is 17.0 Å². The average Bonchev–Trinajstić information content (AvgIpc) is 3.29. The van der Waals surface area contributed by atoms with E-state index >= 15 is 0 Å². The molecule has 2 N–H and O–H groups in total. The van der Waals surface area contributed by atoms with Crippen LogP contribution in [0, 0.1) is 0 Å². The third-order valence-electron chi connectivity index (χ3n) is 5.58. The Bertz CT molecular complexity index is 758. The number of hydrogen-bond acceptors (Lipinski definition) is 5. The number of guanidine groups is 1. The minimum Gasteiger partial charge on any atom is -0.459 e. The molecule has 0 radical (unpaired) electrons. The lowest BCUT2D eigenvalue weighted by molar-refractivity contribution is 0.0451. The smallest absolute Gasteiger partial charge is 0.408 e. The van der Waals surface area contributed by atoms with Crippen LogP contribution in [0.2, 0.25) is 0 Å². The summed E-state index contributed by atoms with van der Waals surface area (Å²) < 4.78 is 10.7. The number of carbonyl (C=O) groups excluding carboxylic acids is 2. The number of piperazine rings is 1. The van der Waals surface area contributed by atoms with Crippen LogP contribution in [0.1, 0.15) is 64.9 Å². The molecule has 1 aliphatic rings. The molecule has 2 rings (SSSR count). The van der Waals surface area contributed by atoms with E-state index in [9.17, 15) is 9.59 Å². The molecule has 2 heterocycles. The fourth-order valence-corrected chi connectivity index (χ4v) is 3.54. The first-order chi connectivity index (χ1) is 15.1. The zero-order valence-corrected chi connectivity index (χ0v) is 20.4. The van der Waals surface area contributed by atoms with Gasteiger partial charge in [-0.15, -0.1) is 0 Å².